The van der Waals surface area contributed by atoms with E-state index in [2.05, 4.69) is 29.2 Å². The van der Waals surface area contributed by atoms with Crippen LogP contribution in [0.1, 0.15) is 43.0 Å². The fourth-order valence-corrected chi connectivity index (χ4v) is 3.92. The number of carbonyl (C=O) groups excluding carboxylic acids is 1. The summed E-state index contributed by atoms with van der Waals surface area (Å²) in [5.41, 5.74) is 1.15. The minimum atomic E-state index is 0.0100. The Kier molecular flexibility index (Phi) is 6.02. The molecule has 6 heteroatoms. The quantitative estimate of drug-likeness (QED) is 0.887. The van der Waals surface area contributed by atoms with E-state index in [4.69, 9.17) is 4.42 Å². The number of hydrogen-bond donors (Lipinski definition) is 1. The molecule has 1 aromatic rings. The van der Waals surface area contributed by atoms with Crippen molar-refractivity contribution in [2.45, 2.75) is 44.2 Å². The van der Waals surface area contributed by atoms with Gasteiger partial charge in [-0.3, -0.25) is 0 Å². The maximum absolute atomic E-state index is 12.5. The largest absolute Gasteiger partial charge is 0.469 e. The number of likely N-dealkylation sites (tertiary alicyclic amines) is 1. The van der Waals surface area contributed by atoms with Gasteiger partial charge in [-0.15, -0.1) is 0 Å². The summed E-state index contributed by atoms with van der Waals surface area (Å²) in [6, 6.07) is 2.73. The maximum atomic E-state index is 12.5. The van der Waals surface area contributed by atoms with E-state index in [1.165, 1.54) is 25.9 Å². The molecule has 0 aromatic carbocycles. The molecule has 6 nitrogen and oxygen atoms in total. The number of carbonyl (C=O) groups is 1. The van der Waals surface area contributed by atoms with Gasteiger partial charge >= 0.3 is 6.03 Å². The second kappa shape index (κ2) is 8.23. The number of likely N-dealkylation sites (N-methyl/N-ethyl adjacent to an activating group) is 2. The monoisotopic (exact) mass is 348 g/mol. The highest BCUT2D eigenvalue weighted by Gasteiger charge is 2.25. The van der Waals surface area contributed by atoms with Gasteiger partial charge in [-0.25, -0.2) is 4.79 Å². The Hall–Kier alpha value is -1.53. The van der Waals surface area contributed by atoms with Crippen LogP contribution >= 0.6 is 0 Å². The summed E-state index contributed by atoms with van der Waals surface area (Å²) in [5, 5.41) is 3.17. The molecule has 1 aromatic heterocycles. The van der Waals surface area contributed by atoms with Gasteiger partial charge < -0.3 is 24.4 Å². The number of amides is 2. The molecule has 1 aliphatic carbocycles. The topological polar surface area (TPSA) is 52.0 Å². The average molecular weight is 348 g/mol. The summed E-state index contributed by atoms with van der Waals surface area (Å²) in [6.45, 7) is 4.00. The van der Waals surface area contributed by atoms with Gasteiger partial charge in [0, 0.05) is 38.2 Å². The molecular formula is C19H32N4O2. The van der Waals surface area contributed by atoms with Gasteiger partial charge in [-0.1, -0.05) is 0 Å². The van der Waals surface area contributed by atoms with E-state index in [1.807, 2.05) is 13.1 Å². The van der Waals surface area contributed by atoms with Crippen molar-refractivity contribution in [3.63, 3.8) is 0 Å². The van der Waals surface area contributed by atoms with Crippen LogP contribution in [0.5, 0.6) is 0 Å². The molecular weight excluding hydrogens is 316 g/mol. The Morgan fingerprint density at radius 2 is 2.04 bits per heavy atom. The number of furan rings is 1. The van der Waals surface area contributed by atoms with Crippen LogP contribution in [-0.2, 0) is 6.42 Å². The average Bonchev–Trinajstić information content (AvgIpc) is 3.09. The van der Waals surface area contributed by atoms with E-state index in [9.17, 15) is 4.79 Å². The number of nitrogens with zero attached hydrogens (tertiary/aromatic N) is 3. The summed E-state index contributed by atoms with van der Waals surface area (Å²) < 4.78 is 5.51. The summed E-state index contributed by atoms with van der Waals surface area (Å²) in [6.07, 6.45) is 7.19. The third kappa shape index (κ3) is 4.55. The second-order valence-corrected chi connectivity index (χ2v) is 7.63. The SMILES string of the molecule is CN1CCC(N(C)CCN(C)C(=O)N[C@H]2CCCc3occc32)CC1. The molecule has 3 rings (SSSR count). The molecule has 2 heterocycles. The van der Waals surface area contributed by atoms with E-state index < -0.39 is 0 Å². The Bertz CT molecular complexity index is 566. The van der Waals surface area contributed by atoms with E-state index in [1.54, 1.807) is 11.2 Å². The summed E-state index contributed by atoms with van der Waals surface area (Å²) >= 11 is 0. The number of nitrogens with one attached hydrogen (secondary N) is 1. The van der Waals surface area contributed by atoms with Crippen LogP contribution in [0.25, 0.3) is 0 Å². The van der Waals surface area contributed by atoms with Crippen molar-refractivity contribution in [2.75, 3.05) is 47.3 Å². The first-order chi connectivity index (χ1) is 12.0. The number of hydrogen-bond acceptors (Lipinski definition) is 4. The lowest BCUT2D eigenvalue weighted by Crippen LogP contribution is -2.46. The summed E-state index contributed by atoms with van der Waals surface area (Å²) in [7, 11) is 6.25. The molecule has 0 bridgehead atoms. The molecule has 25 heavy (non-hydrogen) atoms. The molecule has 1 N–H and O–H groups in total. The zero-order valence-electron chi connectivity index (χ0n) is 15.8. The van der Waals surface area contributed by atoms with Crippen LogP contribution in [0.15, 0.2) is 16.7 Å². The van der Waals surface area contributed by atoms with Crippen LogP contribution in [0.3, 0.4) is 0 Å². The van der Waals surface area contributed by atoms with Gasteiger partial charge in [-0.05, 0) is 58.9 Å². The van der Waals surface area contributed by atoms with Crippen LogP contribution in [0.2, 0.25) is 0 Å². The van der Waals surface area contributed by atoms with Crippen molar-refractivity contribution in [3.05, 3.63) is 23.7 Å². The van der Waals surface area contributed by atoms with E-state index in [-0.39, 0.29) is 12.1 Å². The fourth-order valence-electron chi connectivity index (χ4n) is 3.92. The second-order valence-electron chi connectivity index (χ2n) is 7.63. The summed E-state index contributed by atoms with van der Waals surface area (Å²) in [5.74, 6) is 1.03. The zero-order chi connectivity index (χ0) is 17.8. The molecule has 0 spiro atoms. The Morgan fingerprint density at radius 3 is 2.80 bits per heavy atom. The van der Waals surface area contributed by atoms with Gasteiger partial charge in [0.15, 0.2) is 0 Å². The van der Waals surface area contributed by atoms with Gasteiger partial charge in [0.1, 0.15) is 5.76 Å². The molecule has 2 aliphatic rings. The smallest absolute Gasteiger partial charge is 0.317 e. The lowest BCUT2D eigenvalue weighted by molar-refractivity contribution is 0.134. The Labute approximate surface area is 151 Å². The molecule has 1 fully saturated rings. The third-order valence-electron chi connectivity index (χ3n) is 5.80. The van der Waals surface area contributed by atoms with Gasteiger partial charge in [0.2, 0.25) is 0 Å². The Balaban J connectivity index is 1.44. The van der Waals surface area contributed by atoms with E-state index in [0.29, 0.717) is 6.04 Å². The van der Waals surface area contributed by atoms with Crippen LogP contribution < -0.4 is 5.32 Å². The molecule has 1 atom stereocenters. The van der Waals surface area contributed by atoms with Gasteiger partial charge in [0.05, 0.1) is 12.3 Å². The highest BCUT2D eigenvalue weighted by molar-refractivity contribution is 5.74. The Morgan fingerprint density at radius 1 is 1.28 bits per heavy atom. The molecule has 1 aliphatic heterocycles. The van der Waals surface area contributed by atoms with Crippen molar-refractivity contribution in [1.29, 1.82) is 0 Å². The highest BCUT2D eigenvalue weighted by Crippen LogP contribution is 2.30. The maximum Gasteiger partial charge on any atom is 0.317 e. The predicted molar refractivity (Wildman–Crippen MR) is 98.7 cm³/mol. The van der Waals surface area contributed by atoms with Gasteiger partial charge in [0.25, 0.3) is 0 Å². The number of piperidine rings is 1. The third-order valence-corrected chi connectivity index (χ3v) is 5.80. The van der Waals surface area contributed by atoms with Gasteiger partial charge in [-0.2, -0.15) is 0 Å². The van der Waals surface area contributed by atoms with E-state index in [0.717, 1.165) is 43.7 Å². The number of rotatable bonds is 5. The first kappa shape index (κ1) is 18.3. The van der Waals surface area contributed by atoms with Crippen LogP contribution in [0.4, 0.5) is 4.79 Å². The van der Waals surface area contributed by atoms with Crippen molar-refractivity contribution >= 4 is 6.03 Å². The minimum Gasteiger partial charge on any atom is -0.469 e. The number of urea groups is 1. The minimum absolute atomic E-state index is 0.0100. The lowest BCUT2D eigenvalue weighted by Gasteiger charge is -2.36. The number of fused-ring (bicyclic) bond motifs is 1. The molecule has 0 saturated carbocycles. The first-order valence-corrected chi connectivity index (χ1v) is 9.51. The molecule has 0 radical (unpaired) electrons. The van der Waals surface area contributed by atoms with Crippen molar-refractivity contribution in [2.24, 2.45) is 0 Å². The molecule has 140 valence electrons. The first-order valence-electron chi connectivity index (χ1n) is 9.51. The normalized spacial score (nSPS) is 22.0. The van der Waals surface area contributed by atoms with E-state index >= 15 is 0 Å². The van der Waals surface area contributed by atoms with Crippen LogP contribution in [0, 0.1) is 0 Å². The van der Waals surface area contributed by atoms with Crippen molar-refractivity contribution in [3.8, 4) is 0 Å². The number of aryl methyl sites for hydroxylation is 1. The van der Waals surface area contributed by atoms with Crippen molar-refractivity contribution in [1.82, 2.24) is 20.0 Å². The van der Waals surface area contributed by atoms with Crippen LogP contribution in [-0.4, -0.2) is 74.1 Å². The molecule has 0 unspecified atom stereocenters. The predicted octanol–water partition coefficient (Wildman–Crippen LogP) is 2.32. The standard InChI is InChI=1S/C19H32N4O2/c1-21-10-7-15(8-11-21)22(2)12-13-23(3)19(24)20-17-5-4-6-18-16(17)9-14-25-18/h9,14-15,17H,4-8,10-13H2,1-3H3,(H,20,24)/t17-/m0/s1. The molecule has 1 saturated heterocycles. The lowest BCUT2D eigenvalue weighted by atomic mass is 9.93. The fraction of sp³-hybridized carbons (Fsp3) is 0.737. The highest BCUT2D eigenvalue weighted by atomic mass is 16.3. The molecule has 2 amide bonds. The zero-order valence-corrected chi connectivity index (χ0v) is 15.8. The summed E-state index contributed by atoms with van der Waals surface area (Å²) in [4.78, 5) is 19.1. The van der Waals surface area contributed by atoms with Crippen molar-refractivity contribution < 1.29 is 9.21 Å².